The van der Waals surface area contributed by atoms with Gasteiger partial charge in [-0.2, -0.15) is 0 Å². The second-order valence-electron chi connectivity index (χ2n) is 2.58. The third-order valence-corrected chi connectivity index (χ3v) is 1.43. The number of ether oxygens (including phenoxy) is 2. The van der Waals surface area contributed by atoms with Crippen molar-refractivity contribution in [2.24, 2.45) is 5.92 Å². The number of hydrogen-bond acceptors (Lipinski definition) is 2. The molecule has 1 fully saturated rings. The highest BCUT2D eigenvalue weighted by atomic mass is 16.7. The van der Waals surface area contributed by atoms with Crippen molar-refractivity contribution in [3.8, 4) is 0 Å². The van der Waals surface area contributed by atoms with Crippen LogP contribution in [0.25, 0.3) is 0 Å². The van der Waals surface area contributed by atoms with E-state index in [0.29, 0.717) is 18.5 Å². The average molecular weight is 128 g/mol. The summed E-state index contributed by atoms with van der Waals surface area (Å²) in [5.74, 6) is 0.984. The third kappa shape index (κ3) is 1.37. The molecule has 1 rings (SSSR count). The van der Waals surface area contributed by atoms with Gasteiger partial charge in [0.25, 0.3) is 5.95 Å². The van der Waals surface area contributed by atoms with Crippen molar-refractivity contribution in [1.29, 1.82) is 0 Å². The van der Waals surface area contributed by atoms with Gasteiger partial charge in [-0.25, -0.2) is 0 Å². The van der Waals surface area contributed by atoms with Crippen LogP contribution in [0.2, 0.25) is 0 Å². The van der Waals surface area contributed by atoms with Gasteiger partial charge >= 0.3 is 0 Å². The van der Waals surface area contributed by atoms with Gasteiger partial charge in [0.15, 0.2) is 0 Å². The molecular weight excluding hydrogens is 116 g/mol. The van der Waals surface area contributed by atoms with Gasteiger partial charge in [-0.1, -0.05) is 13.8 Å². The molecule has 1 heterocycles. The lowest BCUT2D eigenvalue weighted by Gasteiger charge is -2.09. The third-order valence-electron chi connectivity index (χ3n) is 1.43. The zero-order valence-electron chi connectivity index (χ0n) is 5.89. The molecule has 0 amide bonds. The van der Waals surface area contributed by atoms with Gasteiger partial charge in [0.05, 0.1) is 0 Å². The molecule has 2 nitrogen and oxygen atoms in total. The van der Waals surface area contributed by atoms with Crippen LogP contribution < -0.4 is 0 Å². The lowest BCUT2D eigenvalue weighted by Crippen LogP contribution is -2.16. The Labute approximate surface area is 55.5 Å². The minimum absolute atomic E-state index is 0.220. The summed E-state index contributed by atoms with van der Waals surface area (Å²) in [5, 5.41) is 0. The van der Waals surface area contributed by atoms with Gasteiger partial charge in [-0.15, -0.1) is 0 Å². The van der Waals surface area contributed by atoms with E-state index in [2.05, 4.69) is 20.4 Å². The summed E-state index contributed by atoms with van der Waals surface area (Å²) in [5.41, 5.74) is 0. The van der Waals surface area contributed by atoms with Crippen LogP contribution in [0.15, 0.2) is 12.5 Å². The van der Waals surface area contributed by atoms with E-state index in [1.807, 2.05) is 0 Å². The molecule has 1 atom stereocenters. The monoisotopic (exact) mass is 128 g/mol. The van der Waals surface area contributed by atoms with Crippen LogP contribution in [-0.2, 0) is 9.47 Å². The molecule has 0 radical (unpaired) electrons. The quantitative estimate of drug-likeness (QED) is 0.533. The van der Waals surface area contributed by atoms with Gasteiger partial charge < -0.3 is 9.47 Å². The van der Waals surface area contributed by atoms with Crippen LogP contribution in [-0.4, -0.2) is 12.7 Å². The van der Waals surface area contributed by atoms with E-state index in [4.69, 9.17) is 9.47 Å². The zero-order chi connectivity index (χ0) is 6.85. The average Bonchev–Trinajstić information content (AvgIpc) is 2.14. The Morgan fingerprint density at radius 3 is 2.56 bits per heavy atom. The largest absolute Gasteiger partial charge is 0.462 e. The second-order valence-corrected chi connectivity index (χ2v) is 2.58. The first-order chi connectivity index (χ1) is 4.20. The molecule has 1 saturated heterocycles. The molecule has 0 spiro atoms. The molecular formula is C7H12O2. The molecule has 1 aliphatic heterocycles. The fourth-order valence-corrected chi connectivity index (χ4v) is 0.740. The molecule has 9 heavy (non-hydrogen) atoms. The minimum atomic E-state index is 0.220. The zero-order valence-corrected chi connectivity index (χ0v) is 5.89. The molecule has 52 valence electrons. The summed E-state index contributed by atoms with van der Waals surface area (Å²) in [4.78, 5) is 0. The van der Waals surface area contributed by atoms with Gasteiger partial charge in [-0.3, -0.25) is 0 Å². The Hall–Kier alpha value is -0.660. The molecule has 0 N–H and O–H groups in total. The van der Waals surface area contributed by atoms with E-state index in [-0.39, 0.29) is 6.10 Å². The smallest absolute Gasteiger partial charge is 0.272 e. The predicted octanol–water partition coefficient (Wildman–Crippen LogP) is 1.53. The summed E-state index contributed by atoms with van der Waals surface area (Å²) in [6.07, 6.45) is 0.220. The molecule has 0 bridgehead atoms. The first kappa shape index (κ1) is 6.46. The van der Waals surface area contributed by atoms with E-state index in [9.17, 15) is 0 Å². The van der Waals surface area contributed by atoms with Crippen molar-refractivity contribution in [2.45, 2.75) is 20.0 Å². The maximum atomic E-state index is 5.21. The van der Waals surface area contributed by atoms with Crippen molar-refractivity contribution in [3.05, 3.63) is 12.5 Å². The van der Waals surface area contributed by atoms with Crippen molar-refractivity contribution in [2.75, 3.05) is 6.61 Å². The van der Waals surface area contributed by atoms with Crippen LogP contribution in [0.5, 0.6) is 0 Å². The number of hydrogen-bond donors (Lipinski definition) is 0. The fraction of sp³-hybridized carbons (Fsp3) is 0.714. The maximum absolute atomic E-state index is 5.21. The lowest BCUT2D eigenvalue weighted by molar-refractivity contribution is 0.116. The first-order valence-electron chi connectivity index (χ1n) is 3.18. The van der Waals surface area contributed by atoms with Crippen LogP contribution in [0.3, 0.4) is 0 Å². The van der Waals surface area contributed by atoms with Crippen LogP contribution in [0.1, 0.15) is 13.8 Å². The van der Waals surface area contributed by atoms with Gasteiger partial charge in [-0.05, 0) is 12.5 Å². The maximum Gasteiger partial charge on any atom is 0.272 e. The molecule has 0 aliphatic carbocycles. The van der Waals surface area contributed by atoms with E-state index >= 15 is 0 Å². The molecule has 0 aromatic carbocycles. The summed E-state index contributed by atoms with van der Waals surface area (Å²) < 4.78 is 10.2. The SMILES string of the molecule is C=C1OC[C@@H](C(C)C)O1. The van der Waals surface area contributed by atoms with Gasteiger partial charge in [0.1, 0.15) is 12.7 Å². The molecule has 2 heteroatoms. The fourth-order valence-electron chi connectivity index (χ4n) is 0.740. The molecule has 1 aliphatic rings. The molecule has 0 unspecified atom stereocenters. The Kier molecular flexibility index (Phi) is 1.65. The standard InChI is InChI=1S/C7H12O2/c1-5(2)7-4-8-6(3)9-7/h5,7H,3-4H2,1-2H3/t7-/m0/s1. The van der Waals surface area contributed by atoms with Crippen molar-refractivity contribution >= 4 is 0 Å². The highest BCUT2D eigenvalue weighted by Gasteiger charge is 2.23. The predicted molar refractivity (Wildman–Crippen MR) is 34.8 cm³/mol. The topological polar surface area (TPSA) is 18.5 Å². The highest BCUT2D eigenvalue weighted by molar-refractivity contribution is 4.80. The Morgan fingerprint density at radius 1 is 1.67 bits per heavy atom. The van der Waals surface area contributed by atoms with Crippen LogP contribution in [0, 0.1) is 5.92 Å². The summed E-state index contributed by atoms with van der Waals surface area (Å²) >= 11 is 0. The van der Waals surface area contributed by atoms with E-state index in [0.717, 1.165) is 0 Å². The normalized spacial score (nSPS) is 26.1. The van der Waals surface area contributed by atoms with Crippen molar-refractivity contribution < 1.29 is 9.47 Å². The minimum Gasteiger partial charge on any atom is -0.462 e. The Morgan fingerprint density at radius 2 is 2.33 bits per heavy atom. The Bertz CT molecular complexity index is 118. The molecule has 0 aromatic rings. The van der Waals surface area contributed by atoms with Gasteiger partial charge in [0, 0.05) is 0 Å². The number of rotatable bonds is 1. The van der Waals surface area contributed by atoms with E-state index < -0.39 is 0 Å². The van der Waals surface area contributed by atoms with Crippen LogP contribution >= 0.6 is 0 Å². The van der Waals surface area contributed by atoms with Crippen LogP contribution in [0.4, 0.5) is 0 Å². The lowest BCUT2D eigenvalue weighted by atomic mass is 10.1. The van der Waals surface area contributed by atoms with E-state index in [1.54, 1.807) is 0 Å². The summed E-state index contributed by atoms with van der Waals surface area (Å²) in [6, 6.07) is 0. The molecule has 0 aromatic heterocycles. The molecule has 0 saturated carbocycles. The van der Waals surface area contributed by atoms with Crippen molar-refractivity contribution in [1.82, 2.24) is 0 Å². The van der Waals surface area contributed by atoms with E-state index in [1.165, 1.54) is 0 Å². The first-order valence-corrected chi connectivity index (χ1v) is 3.18. The summed E-state index contributed by atoms with van der Waals surface area (Å²) in [6.45, 7) is 8.41. The van der Waals surface area contributed by atoms with Gasteiger partial charge in [0.2, 0.25) is 0 Å². The van der Waals surface area contributed by atoms with Crippen molar-refractivity contribution in [3.63, 3.8) is 0 Å². The highest BCUT2D eigenvalue weighted by Crippen LogP contribution is 2.18. The summed E-state index contributed by atoms with van der Waals surface area (Å²) in [7, 11) is 0. The Balaban J connectivity index is 2.39. The second kappa shape index (κ2) is 2.29.